The van der Waals surface area contributed by atoms with Crippen LogP contribution in [0.25, 0.3) is 10.2 Å². The van der Waals surface area contributed by atoms with Crippen molar-refractivity contribution in [3.63, 3.8) is 0 Å². The number of ether oxygens (including phenoxy) is 1. The molecule has 5 aromatic rings. The number of fused-ring (bicyclic) bond motifs is 1. The Balaban J connectivity index is 1.33. The maximum Gasteiger partial charge on any atom is 0.178 e. The summed E-state index contributed by atoms with van der Waals surface area (Å²) in [7, 11) is 0. The molecule has 0 bridgehead atoms. The number of pyridine rings is 2. The van der Waals surface area contributed by atoms with Gasteiger partial charge in [-0.15, -0.1) is 11.3 Å². The number of rotatable bonds is 8. The minimum atomic E-state index is -0.263. The molecule has 37 heavy (non-hydrogen) atoms. The molecule has 6 rings (SSSR count). The van der Waals surface area contributed by atoms with Gasteiger partial charge in [0, 0.05) is 33.9 Å². The van der Waals surface area contributed by atoms with Crippen molar-refractivity contribution in [1.82, 2.24) is 9.97 Å². The highest BCUT2D eigenvalue weighted by Crippen LogP contribution is 2.43. The highest BCUT2D eigenvalue weighted by atomic mass is 32.2. The summed E-state index contributed by atoms with van der Waals surface area (Å²) in [5, 5.41) is 4.22. The van der Waals surface area contributed by atoms with Gasteiger partial charge in [0.15, 0.2) is 11.6 Å². The van der Waals surface area contributed by atoms with Crippen LogP contribution >= 0.6 is 34.9 Å². The molecule has 5 nitrogen and oxygen atoms in total. The van der Waals surface area contributed by atoms with Gasteiger partial charge in [0.25, 0.3) is 0 Å². The summed E-state index contributed by atoms with van der Waals surface area (Å²) in [6.07, 6.45) is 5.55. The molecule has 2 N–H and O–H groups in total. The zero-order valence-electron chi connectivity index (χ0n) is 19.9. The van der Waals surface area contributed by atoms with Crippen LogP contribution < -0.4 is 15.4 Å². The highest BCUT2D eigenvalue weighted by molar-refractivity contribution is 8.03. The summed E-state index contributed by atoms with van der Waals surface area (Å²) >= 11 is 4.97. The van der Waals surface area contributed by atoms with E-state index in [0.717, 1.165) is 45.4 Å². The van der Waals surface area contributed by atoms with Gasteiger partial charge in [-0.1, -0.05) is 72.1 Å². The van der Waals surface area contributed by atoms with Crippen molar-refractivity contribution in [2.45, 2.75) is 28.1 Å². The van der Waals surface area contributed by atoms with Crippen LogP contribution in [-0.4, -0.2) is 15.5 Å². The van der Waals surface area contributed by atoms with Crippen LogP contribution in [0.15, 0.2) is 118 Å². The van der Waals surface area contributed by atoms with E-state index in [1.165, 1.54) is 10.3 Å². The average molecular weight is 541 g/mol. The van der Waals surface area contributed by atoms with Crippen molar-refractivity contribution in [3.05, 3.63) is 113 Å². The van der Waals surface area contributed by atoms with Crippen LogP contribution in [0.3, 0.4) is 0 Å². The quantitative estimate of drug-likeness (QED) is 0.215. The van der Waals surface area contributed by atoms with E-state index >= 15 is 0 Å². The molecular weight excluding hydrogens is 517 g/mol. The zero-order valence-corrected chi connectivity index (χ0v) is 22.3. The van der Waals surface area contributed by atoms with Gasteiger partial charge in [-0.3, -0.25) is 4.98 Å². The van der Waals surface area contributed by atoms with Crippen molar-refractivity contribution in [2.75, 3.05) is 4.90 Å². The second-order valence-corrected chi connectivity index (χ2v) is 11.5. The highest BCUT2D eigenvalue weighted by Gasteiger charge is 2.29. The van der Waals surface area contributed by atoms with Crippen molar-refractivity contribution >= 4 is 50.9 Å². The lowest BCUT2D eigenvalue weighted by molar-refractivity contribution is 0.477. The van der Waals surface area contributed by atoms with Gasteiger partial charge < -0.3 is 15.4 Å². The Bertz CT molecular complexity index is 1540. The first-order valence-electron chi connectivity index (χ1n) is 11.9. The third kappa shape index (κ3) is 5.38. The van der Waals surface area contributed by atoms with Gasteiger partial charge in [-0.2, -0.15) is 0 Å². The number of anilines is 1. The Morgan fingerprint density at radius 2 is 1.76 bits per heavy atom. The number of benzene rings is 2. The number of hydrogen-bond acceptors (Lipinski definition) is 8. The van der Waals surface area contributed by atoms with Crippen LogP contribution in [0.4, 0.5) is 5.82 Å². The Morgan fingerprint density at radius 1 is 0.946 bits per heavy atom. The van der Waals surface area contributed by atoms with E-state index in [0.29, 0.717) is 5.75 Å². The Kier molecular flexibility index (Phi) is 7.14. The summed E-state index contributed by atoms with van der Waals surface area (Å²) in [6.45, 7) is 0. The van der Waals surface area contributed by atoms with E-state index in [1.54, 1.807) is 34.9 Å². The summed E-state index contributed by atoms with van der Waals surface area (Å²) in [5.41, 5.74) is 9.76. The third-order valence-electron chi connectivity index (χ3n) is 5.96. The fourth-order valence-corrected chi connectivity index (χ4v) is 6.95. The van der Waals surface area contributed by atoms with Crippen LogP contribution in [0.1, 0.15) is 12.0 Å². The second kappa shape index (κ2) is 11.0. The largest absolute Gasteiger partial charge is 0.453 e. The zero-order chi connectivity index (χ0) is 25.0. The van der Waals surface area contributed by atoms with Crippen LogP contribution in [-0.2, 0) is 6.42 Å². The number of aryl methyl sites for hydroxylation is 1. The Labute approximate surface area is 228 Å². The number of nitrogens with two attached hydrogens (primary N) is 1. The van der Waals surface area contributed by atoms with E-state index in [1.807, 2.05) is 60.9 Å². The normalized spacial score (nSPS) is 15.2. The van der Waals surface area contributed by atoms with Crippen molar-refractivity contribution < 1.29 is 4.74 Å². The molecule has 0 saturated carbocycles. The molecule has 0 radical (unpaired) electrons. The molecule has 0 aliphatic carbocycles. The fourth-order valence-electron chi connectivity index (χ4n) is 4.19. The number of para-hydroxylation sites is 1. The molecule has 0 spiro atoms. The maximum absolute atomic E-state index is 6.58. The molecular formula is C29H24N4OS3. The van der Waals surface area contributed by atoms with Gasteiger partial charge >= 0.3 is 0 Å². The number of nitrogens with zero attached hydrogens (tertiary/aromatic N) is 3. The van der Waals surface area contributed by atoms with E-state index in [2.05, 4.69) is 51.0 Å². The molecule has 1 aliphatic rings. The summed E-state index contributed by atoms with van der Waals surface area (Å²) < 4.78 is 7.59. The molecule has 0 saturated heterocycles. The van der Waals surface area contributed by atoms with E-state index in [9.17, 15) is 0 Å². The number of aromatic nitrogens is 2. The Hall–Kier alpha value is -3.30. The molecule has 1 atom stereocenters. The molecule has 184 valence electrons. The average Bonchev–Trinajstić information content (AvgIpc) is 3.56. The van der Waals surface area contributed by atoms with Gasteiger partial charge in [0.1, 0.15) is 11.2 Å². The number of thioether (sulfide) groups is 1. The molecule has 1 aliphatic heterocycles. The summed E-state index contributed by atoms with van der Waals surface area (Å²) in [6, 6.07) is 26.5. The molecule has 1 unspecified atom stereocenters. The first-order valence-corrected chi connectivity index (χ1v) is 14.5. The molecule has 0 amide bonds. The number of allylic oxidation sites excluding steroid dienone is 1. The van der Waals surface area contributed by atoms with Crippen molar-refractivity contribution in [3.8, 4) is 11.5 Å². The molecule has 0 fully saturated rings. The minimum absolute atomic E-state index is 0.263. The van der Waals surface area contributed by atoms with Crippen molar-refractivity contribution in [1.29, 1.82) is 0 Å². The van der Waals surface area contributed by atoms with E-state index < -0.39 is 0 Å². The SMILES string of the molecule is NC1SC=C(CCc2ccccc2)N1c1ncc(Sc2ccnc3ccsc23)cc1Oc1ccccc1. The predicted molar refractivity (Wildman–Crippen MR) is 155 cm³/mol. The van der Waals surface area contributed by atoms with E-state index in [-0.39, 0.29) is 5.50 Å². The lowest BCUT2D eigenvalue weighted by Gasteiger charge is -2.27. The Morgan fingerprint density at radius 3 is 2.59 bits per heavy atom. The predicted octanol–water partition coefficient (Wildman–Crippen LogP) is 7.90. The van der Waals surface area contributed by atoms with Crippen molar-refractivity contribution in [2.24, 2.45) is 5.73 Å². The standard InChI is InChI=1S/C29H24N4OS3/c30-29-33(21(19-36-29)12-11-20-7-3-1-4-8-20)28-25(34-22-9-5-2-6-10-22)17-23(18-32-28)37-26-13-15-31-24-14-16-35-27(24)26/h1-10,13-19,29H,11-12,30H2. The lowest BCUT2D eigenvalue weighted by Crippen LogP contribution is -2.36. The topological polar surface area (TPSA) is 64.3 Å². The monoisotopic (exact) mass is 540 g/mol. The van der Waals surface area contributed by atoms with Crippen LogP contribution in [0, 0.1) is 0 Å². The third-order valence-corrected chi connectivity index (χ3v) is 8.95. The van der Waals surface area contributed by atoms with Gasteiger partial charge in [0.05, 0.1) is 10.2 Å². The molecule has 8 heteroatoms. The first-order chi connectivity index (χ1) is 18.2. The van der Waals surface area contributed by atoms with E-state index in [4.69, 9.17) is 15.5 Å². The summed E-state index contributed by atoms with van der Waals surface area (Å²) in [4.78, 5) is 13.6. The van der Waals surface area contributed by atoms with Gasteiger partial charge in [-0.05, 0) is 53.5 Å². The summed E-state index contributed by atoms with van der Waals surface area (Å²) in [5.74, 6) is 2.16. The van der Waals surface area contributed by atoms with Crippen LogP contribution in [0.2, 0.25) is 0 Å². The first kappa shape index (κ1) is 24.1. The minimum Gasteiger partial charge on any atom is -0.453 e. The van der Waals surface area contributed by atoms with Crippen LogP contribution in [0.5, 0.6) is 11.5 Å². The number of hydrogen-bond donors (Lipinski definition) is 1. The molecule has 3 aromatic heterocycles. The molecule has 4 heterocycles. The smallest absolute Gasteiger partial charge is 0.178 e. The van der Waals surface area contributed by atoms with Gasteiger partial charge in [-0.25, -0.2) is 4.98 Å². The maximum atomic E-state index is 6.58. The second-order valence-electron chi connectivity index (χ2n) is 8.45. The van der Waals surface area contributed by atoms with Gasteiger partial charge in [0.2, 0.25) is 0 Å². The fraction of sp³-hybridized carbons (Fsp3) is 0.103. The molecule has 2 aromatic carbocycles. The lowest BCUT2D eigenvalue weighted by atomic mass is 10.1. The number of thiophene rings is 1.